The zero-order chi connectivity index (χ0) is 26.9. The number of unbranched alkanes of at least 4 members (excludes halogenated alkanes) is 8. The molecule has 0 aliphatic rings. The smallest absolute Gasteiger partial charge is 0.337 e. The van der Waals surface area contributed by atoms with Gasteiger partial charge in [0.2, 0.25) is 11.8 Å². The number of hydrogen-bond acceptors (Lipinski definition) is 7. The average molecular weight is 531 g/mol. The molecule has 2 rings (SSSR count). The first kappa shape index (κ1) is 30.4. The van der Waals surface area contributed by atoms with E-state index < -0.39 is 12.0 Å². The minimum atomic E-state index is -0.693. The molecule has 37 heavy (non-hydrogen) atoms. The summed E-state index contributed by atoms with van der Waals surface area (Å²) in [7, 11) is 1.34. The predicted octanol–water partition coefficient (Wildman–Crippen LogP) is 5.47. The molecule has 0 unspecified atom stereocenters. The lowest BCUT2D eigenvalue weighted by Gasteiger charge is -2.17. The van der Waals surface area contributed by atoms with Crippen LogP contribution in [-0.4, -0.2) is 47.7 Å². The Morgan fingerprint density at radius 2 is 1.54 bits per heavy atom. The van der Waals surface area contributed by atoms with Gasteiger partial charge in [-0.2, -0.15) is 0 Å². The molecule has 2 amide bonds. The fourth-order valence-electron chi connectivity index (χ4n) is 3.92. The maximum absolute atomic E-state index is 13.0. The van der Waals surface area contributed by atoms with Crippen molar-refractivity contribution < 1.29 is 19.1 Å². The lowest BCUT2D eigenvalue weighted by Crippen LogP contribution is -2.48. The Bertz CT molecular complexity index is 961. The number of esters is 1. The van der Waals surface area contributed by atoms with Gasteiger partial charge in [-0.1, -0.05) is 88.7 Å². The van der Waals surface area contributed by atoms with Crippen molar-refractivity contribution in [3.8, 4) is 10.6 Å². The molecule has 0 radical (unpaired) electrons. The van der Waals surface area contributed by atoms with E-state index in [-0.39, 0.29) is 18.2 Å². The fraction of sp³-hybridized carbons (Fsp3) is 0.607. The van der Waals surface area contributed by atoms with Crippen LogP contribution in [0.3, 0.4) is 0 Å². The first-order chi connectivity index (χ1) is 18.0. The topological polar surface area (TPSA) is 110 Å². The second-order valence-corrected chi connectivity index (χ2v) is 10.3. The van der Waals surface area contributed by atoms with Crippen LogP contribution in [0, 0.1) is 0 Å². The Kier molecular flexibility index (Phi) is 14.5. The van der Waals surface area contributed by atoms with Crippen molar-refractivity contribution >= 4 is 29.1 Å². The minimum Gasteiger partial charge on any atom is -0.465 e. The standard InChI is InChI=1S/C28H42N4O4S/c1-4-6-8-10-11-12-14-24(33)30-23(26(34)29-19-13-9-7-5-2)20-25-31-32-27(37-25)21-15-17-22(18-16-21)28(35)36-3/h15-18,23H,4-14,19-20H2,1-3H3,(H,29,34)(H,30,33)/t23-/m0/s1. The monoisotopic (exact) mass is 530 g/mol. The molecule has 0 fully saturated rings. The number of nitrogens with zero attached hydrogens (tertiary/aromatic N) is 2. The number of ether oxygens (including phenoxy) is 1. The van der Waals surface area contributed by atoms with Crippen LogP contribution in [0.2, 0.25) is 0 Å². The van der Waals surface area contributed by atoms with Crippen molar-refractivity contribution in [1.82, 2.24) is 20.8 Å². The molecular formula is C28H42N4O4S. The lowest BCUT2D eigenvalue weighted by atomic mass is 10.1. The Morgan fingerprint density at radius 1 is 0.892 bits per heavy atom. The summed E-state index contributed by atoms with van der Waals surface area (Å²) in [5.74, 6) is -0.693. The van der Waals surface area contributed by atoms with E-state index >= 15 is 0 Å². The minimum absolute atomic E-state index is 0.107. The molecule has 1 aromatic carbocycles. The molecule has 1 heterocycles. The number of hydrogen-bond donors (Lipinski definition) is 2. The van der Waals surface area contributed by atoms with Gasteiger partial charge < -0.3 is 15.4 Å². The van der Waals surface area contributed by atoms with Crippen LogP contribution < -0.4 is 10.6 Å². The molecule has 8 nitrogen and oxygen atoms in total. The maximum atomic E-state index is 13.0. The molecule has 9 heteroatoms. The molecule has 2 aromatic rings. The van der Waals surface area contributed by atoms with E-state index in [1.54, 1.807) is 24.3 Å². The number of methoxy groups -OCH3 is 1. The van der Waals surface area contributed by atoms with Gasteiger partial charge in [-0.05, 0) is 25.0 Å². The highest BCUT2D eigenvalue weighted by Gasteiger charge is 2.23. The maximum Gasteiger partial charge on any atom is 0.337 e. The number of aromatic nitrogens is 2. The van der Waals surface area contributed by atoms with E-state index in [9.17, 15) is 14.4 Å². The van der Waals surface area contributed by atoms with Gasteiger partial charge >= 0.3 is 5.97 Å². The molecule has 0 aliphatic heterocycles. The Labute approximate surface area is 225 Å². The summed E-state index contributed by atoms with van der Waals surface area (Å²) in [5, 5.41) is 15.8. The van der Waals surface area contributed by atoms with Crippen molar-refractivity contribution in [3.63, 3.8) is 0 Å². The third-order valence-corrected chi connectivity index (χ3v) is 7.13. The third-order valence-electron chi connectivity index (χ3n) is 6.14. The summed E-state index contributed by atoms with van der Waals surface area (Å²) >= 11 is 1.37. The molecule has 0 saturated carbocycles. The first-order valence-corrected chi connectivity index (χ1v) is 14.4. The Balaban J connectivity index is 1.99. The van der Waals surface area contributed by atoms with E-state index in [1.165, 1.54) is 37.7 Å². The highest BCUT2D eigenvalue weighted by molar-refractivity contribution is 7.14. The van der Waals surface area contributed by atoms with Crippen LogP contribution in [0.5, 0.6) is 0 Å². The normalized spacial score (nSPS) is 11.6. The van der Waals surface area contributed by atoms with Crippen LogP contribution in [0.4, 0.5) is 0 Å². The average Bonchev–Trinajstić information content (AvgIpc) is 3.38. The van der Waals surface area contributed by atoms with Crippen molar-refractivity contribution in [2.75, 3.05) is 13.7 Å². The highest BCUT2D eigenvalue weighted by atomic mass is 32.1. The van der Waals surface area contributed by atoms with Gasteiger partial charge in [0, 0.05) is 24.9 Å². The van der Waals surface area contributed by atoms with Gasteiger partial charge in [-0.3, -0.25) is 9.59 Å². The summed E-state index contributed by atoms with van der Waals surface area (Å²) in [4.78, 5) is 37.3. The van der Waals surface area contributed by atoms with E-state index in [1.807, 2.05) is 0 Å². The molecule has 1 atom stereocenters. The largest absolute Gasteiger partial charge is 0.465 e. The summed E-state index contributed by atoms with van der Waals surface area (Å²) in [6.07, 6.45) is 11.6. The quantitative estimate of drug-likeness (QED) is 0.195. The molecular weight excluding hydrogens is 488 g/mol. The predicted molar refractivity (Wildman–Crippen MR) is 147 cm³/mol. The van der Waals surface area contributed by atoms with E-state index in [4.69, 9.17) is 4.74 Å². The fourth-order valence-corrected chi connectivity index (χ4v) is 4.81. The molecule has 0 aliphatic carbocycles. The highest BCUT2D eigenvalue weighted by Crippen LogP contribution is 2.25. The van der Waals surface area contributed by atoms with Crippen molar-refractivity contribution in [3.05, 3.63) is 34.8 Å². The zero-order valence-corrected chi connectivity index (χ0v) is 23.3. The number of carbonyl (C=O) groups is 3. The van der Waals surface area contributed by atoms with Gasteiger partial charge in [0.1, 0.15) is 16.1 Å². The van der Waals surface area contributed by atoms with E-state index in [0.717, 1.165) is 50.5 Å². The first-order valence-electron chi connectivity index (χ1n) is 13.6. The number of rotatable bonds is 18. The molecule has 0 bridgehead atoms. The van der Waals surface area contributed by atoms with Gasteiger partial charge in [0.15, 0.2) is 0 Å². The van der Waals surface area contributed by atoms with Crippen LogP contribution in [-0.2, 0) is 20.7 Å². The van der Waals surface area contributed by atoms with Crippen molar-refractivity contribution in [1.29, 1.82) is 0 Å². The van der Waals surface area contributed by atoms with E-state index in [0.29, 0.717) is 28.5 Å². The summed E-state index contributed by atoms with van der Waals surface area (Å²) in [6, 6.07) is 6.25. The zero-order valence-electron chi connectivity index (χ0n) is 22.5. The second-order valence-electron chi connectivity index (χ2n) is 9.26. The van der Waals surface area contributed by atoms with Crippen LogP contribution in [0.15, 0.2) is 24.3 Å². The van der Waals surface area contributed by atoms with Gasteiger partial charge in [0.05, 0.1) is 12.7 Å². The SMILES string of the molecule is CCCCCCCCC(=O)N[C@@H](Cc1nnc(-c2ccc(C(=O)OC)cc2)s1)C(=O)NCCCCCC. The van der Waals surface area contributed by atoms with Crippen LogP contribution >= 0.6 is 11.3 Å². The molecule has 204 valence electrons. The Morgan fingerprint density at radius 3 is 2.22 bits per heavy atom. The Hall–Kier alpha value is -2.81. The lowest BCUT2D eigenvalue weighted by molar-refractivity contribution is -0.129. The number of amides is 2. The van der Waals surface area contributed by atoms with Gasteiger partial charge in [-0.15, -0.1) is 10.2 Å². The molecule has 2 N–H and O–H groups in total. The molecule has 0 spiro atoms. The molecule has 1 aromatic heterocycles. The van der Waals surface area contributed by atoms with E-state index in [2.05, 4.69) is 34.7 Å². The summed E-state index contributed by atoms with van der Waals surface area (Å²) in [5.41, 5.74) is 1.28. The number of carbonyl (C=O) groups excluding carboxylic acids is 3. The van der Waals surface area contributed by atoms with Gasteiger partial charge in [-0.25, -0.2) is 4.79 Å². The number of nitrogens with one attached hydrogen (secondary N) is 2. The summed E-state index contributed by atoms with van der Waals surface area (Å²) < 4.78 is 4.74. The number of benzene rings is 1. The van der Waals surface area contributed by atoms with Crippen LogP contribution in [0.25, 0.3) is 10.6 Å². The molecule has 0 saturated heterocycles. The van der Waals surface area contributed by atoms with Crippen LogP contribution in [0.1, 0.15) is 99.8 Å². The third kappa shape index (κ3) is 11.4. The van der Waals surface area contributed by atoms with Gasteiger partial charge in [0.25, 0.3) is 0 Å². The van der Waals surface area contributed by atoms with Crippen molar-refractivity contribution in [2.45, 2.75) is 96.9 Å². The second kappa shape index (κ2) is 17.6. The summed E-state index contributed by atoms with van der Waals surface area (Å²) in [6.45, 7) is 4.93. The van der Waals surface area contributed by atoms with Crippen molar-refractivity contribution in [2.24, 2.45) is 0 Å².